The third kappa shape index (κ3) is 5.05. The summed E-state index contributed by atoms with van der Waals surface area (Å²) in [5.41, 5.74) is 2.44. The Bertz CT molecular complexity index is 1310. The summed E-state index contributed by atoms with van der Waals surface area (Å²) in [6.07, 6.45) is 0. The van der Waals surface area contributed by atoms with Crippen LogP contribution >= 0.6 is 23.4 Å². The zero-order valence-electron chi connectivity index (χ0n) is 17.4. The number of rotatable bonds is 7. The first-order valence-corrected chi connectivity index (χ1v) is 11.2. The van der Waals surface area contributed by atoms with E-state index in [-0.39, 0.29) is 17.3 Å². The molecule has 0 saturated carbocycles. The number of amides is 1. The molecule has 0 bridgehead atoms. The van der Waals surface area contributed by atoms with Gasteiger partial charge in [0, 0.05) is 22.3 Å². The Kier molecular flexibility index (Phi) is 6.71. The predicted molar refractivity (Wildman–Crippen MR) is 129 cm³/mol. The lowest BCUT2D eigenvalue weighted by atomic mass is 10.1. The highest BCUT2D eigenvalue weighted by atomic mass is 35.5. The van der Waals surface area contributed by atoms with Gasteiger partial charge in [-0.05, 0) is 49.4 Å². The molecule has 3 aromatic carbocycles. The highest BCUT2D eigenvalue weighted by Crippen LogP contribution is 2.29. The van der Waals surface area contributed by atoms with E-state index in [2.05, 4.69) is 15.5 Å². The third-order valence-corrected chi connectivity index (χ3v) is 6.04. The Balaban J connectivity index is 1.57. The molecule has 0 unspecified atom stereocenters. The second-order valence-corrected chi connectivity index (χ2v) is 8.41. The van der Waals surface area contributed by atoms with E-state index >= 15 is 0 Å². The van der Waals surface area contributed by atoms with Gasteiger partial charge < -0.3 is 5.32 Å². The number of nitrogens with zero attached hydrogens (tertiary/aromatic N) is 4. The summed E-state index contributed by atoms with van der Waals surface area (Å²) >= 11 is 7.24. The second kappa shape index (κ2) is 9.85. The van der Waals surface area contributed by atoms with E-state index in [0.29, 0.717) is 27.3 Å². The van der Waals surface area contributed by atoms with Gasteiger partial charge >= 0.3 is 0 Å². The first kappa shape index (κ1) is 22.5. The van der Waals surface area contributed by atoms with E-state index in [1.807, 2.05) is 47.0 Å². The number of thioether (sulfide) groups is 1. The maximum Gasteiger partial charge on any atom is 0.274 e. The Labute approximate surface area is 198 Å². The molecular weight excluding hydrogens is 462 g/mol. The highest BCUT2D eigenvalue weighted by Gasteiger charge is 2.19. The van der Waals surface area contributed by atoms with Crippen molar-refractivity contribution in [3.63, 3.8) is 0 Å². The molecule has 0 radical (unpaired) electrons. The van der Waals surface area contributed by atoms with Gasteiger partial charge in [-0.1, -0.05) is 47.6 Å². The number of nitro groups is 1. The monoisotopic (exact) mass is 479 g/mol. The van der Waals surface area contributed by atoms with Crippen LogP contribution in [0.25, 0.3) is 17.1 Å². The van der Waals surface area contributed by atoms with Crippen LogP contribution in [0.4, 0.5) is 11.4 Å². The van der Waals surface area contributed by atoms with Crippen molar-refractivity contribution in [3.05, 3.63) is 93.5 Å². The van der Waals surface area contributed by atoms with Crippen LogP contribution in [-0.4, -0.2) is 31.3 Å². The Hall–Kier alpha value is -3.69. The van der Waals surface area contributed by atoms with E-state index in [0.717, 1.165) is 11.3 Å². The molecule has 0 atom stereocenters. The van der Waals surface area contributed by atoms with E-state index in [4.69, 9.17) is 11.6 Å². The third-order valence-electron chi connectivity index (χ3n) is 4.86. The van der Waals surface area contributed by atoms with Gasteiger partial charge in [-0.2, -0.15) is 0 Å². The lowest BCUT2D eigenvalue weighted by molar-refractivity contribution is -0.385. The first-order valence-electron chi connectivity index (χ1n) is 9.87. The Morgan fingerprint density at radius 2 is 1.79 bits per heavy atom. The van der Waals surface area contributed by atoms with Gasteiger partial charge in [-0.3, -0.25) is 19.5 Å². The highest BCUT2D eigenvalue weighted by molar-refractivity contribution is 7.99. The fraction of sp³-hybridized carbons (Fsp3) is 0.0870. The number of aromatic nitrogens is 3. The van der Waals surface area contributed by atoms with E-state index < -0.39 is 4.92 Å². The molecule has 1 heterocycles. The van der Waals surface area contributed by atoms with Crippen LogP contribution in [0.2, 0.25) is 5.02 Å². The fourth-order valence-corrected chi connectivity index (χ4v) is 4.11. The number of carbonyl (C=O) groups excluding carboxylic acids is 1. The number of nitrogens with one attached hydrogen (secondary N) is 1. The SMILES string of the molecule is Cc1c(NC(=O)CSc2nnc(-c3ccc(Cl)cc3)n2-c2ccccc2)cccc1[N+](=O)[O-]. The Morgan fingerprint density at radius 3 is 2.48 bits per heavy atom. The molecule has 0 aliphatic heterocycles. The summed E-state index contributed by atoms with van der Waals surface area (Å²) in [5, 5.41) is 23.7. The maximum absolute atomic E-state index is 12.6. The van der Waals surface area contributed by atoms with Crippen LogP contribution in [0.15, 0.2) is 78.0 Å². The molecular formula is C23H18ClN5O3S. The zero-order chi connectivity index (χ0) is 23.4. The van der Waals surface area contributed by atoms with Gasteiger partial charge in [0.2, 0.25) is 5.91 Å². The average Bonchev–Trinajstić information content (AvgIpc) is 3.24. The van der Waals surface area contributed by atoms with Gasteiger partial charge in [0.15, 0.2) is 11.0 Å². The Morgan fingerprint density at radius 1 is 1.06 bits per heavy atom. The quantitative estimate of drug-likeness (QED) is 0.212. The molecule has 0 aliphatic carbocycles. The molecule has 1 aromatic heterocycles. The van der Waals surface area contributed by atoms with Crippen LogP contribution in [0.3, 0.4) is 0 Å². The van der Waals surface area contributed by atoms with Crippen LogP contribution < -0.4 is 5.32 Å². The number of hydrogen-bond donors (Lipinski definition) is 1. The molecule has 0 fully saturated rings. The minimum atomic E-state index is -0.472. The molecule has 0 aliphatic rings. The summed E-state index contributed by atoms with van der Waals surface area (Å²) < 4.78 is 1.87. The van der Waals surface area contributed by atoms with E-state index in [9.17, 15) is 14.9 Å². The van der Waals surface area contributed by atoms with Crippen molar-refractivity contribution < 1.29 is 9.72 Å². The summed E-state index contributed by atoms with van der Waals surface area (Å²) in [4.78, 5) is 23.3. The molecule has 8 nitrogen and oxygen atoms in total. The normalized spacial score (nSPS) is 10.7. The summed E-state index contributed by atoms with van der Waals surface area (Å²) in [7, 11) is 0. The number of nitro benzene ring substituents is 1. The largest absolute Gasteiger partial charge is 0.325 e. The second-order valence-electron chi connectivity index (χ2n) is 7.03. The minimum absolute atomic E-state index is 0.0446. The molecule has 166 valence electrons. The molecule has 1 amide bonds. The van der Waals surface area contributed by atoms with Crippen molar-refractivity contribution >= 4 is 40.6 Å². The van der Waals surface area contributed by atoms with Gasteiger partial charge in [0.25, 0.3) is 5.69 Å². The van der Waals surface area contributed by atoms with Crippen molar-refractivity contribution in [2.75, 3.05) is 11.1 Å². The number of para-hydroxylation sites is 1. The lowest BCUT2D eigenvalue weighted by Gasteiger charge is -2.11. The summed E-state index contributed by atoms with van der Waals surface area (Å²) in [5.74, 6) is 0.364. The van der Waals surface area contributed by atoms with Crippen LogP contribution in [0.5, 0.6) is 0 Å². The lowest BCUT2D eigenvalue weighted by Crippen LogP contribution is -2.15. The van der Waals surface area contributed by atoms with Crippen molar-refractivity contribution in [2.24, 2.45) is 0 Å². The molecule has 33 heavy (non-hydrogen) atoms. The van der Waals surface area contributed by atoms with Gasteiger partial charge in [-0.15, -0.1) is 10.2 Å². The first-order chi connectivity index (χ1) is 15.9. The predicted octanol–water partition coefficient (Wildman–Crippen LogP) is 5.54. The molecule has 10 heteroatoms. The molecule has 0 spiro atoms. The topological polar surface area (TPSA) is 103 Å². The standard InChI is InChI=1S/C23H18ClN5O3S/c1-15-19(8-5-9-20(15)29(31)32)25-21(30)14-33-23-27-26-22(16-10-12-17(24)13-11-16)28(23)18-6-3-2-4-7-18/h2-13H,14H2,1H3,(H,25,30). The van der Waals surface area contributed by atoms with E-state index in [1.54, 1.807) is 25.1 Å². The molecule has 1 N–H and O–H groups in total. The molecule has 0 saturated heterocycles. The zero-order valence-corrected chi connectivity index (χ0v) is 19.0. The number of anilines is 1. The van der Waals surface area contributed by atoms with Gasteiger partial charge in [-0.25, -0.2) is 0 Å². The minimum Gasteiger partial charge on any atom is -0.325 e. The van der Waals surface area contributed by atoms with Crippen molar-refractivity contribution in [1.82, 2.24) is 14.8 Å². The number of carbonyl (C=O) groups is 1. The van der Waals surface area contributed by atoms with Crippen LogP contribution in [0, 0.1) is 17.0 Å². The number of benzene rings is 3. The van der Waals surface area contributed by atoms with Crippen LogP contribution in [0.1, 0.15) is 5.56 Å². The number of hydrogen-bond acceptors (Lipinski definition) is 6. The average molecular weight is 480 g/mol. The molecule has 4 aromatic rings. The van der Waals surface area contributed by atoms with Crippen molar-refractivity contribution in [3.8, 4) is 17.1 Å². The van der Waals surface area contributed by atoms with Crippen molar-refractivity contribution in [1.29, 1.82) is 0 Å². The summed E-state index contributed by atoms with van der Waals surface area (Å²) in [6.45, 7) is 1.60. The number of halogens is 1. The van der Waals surface area contributed by atoms with Crippen LogP contribution in [-0.2, 0) is 4.79 Å². The van der Waals surface area contributed by atoms with Gasteiger partial charge in [0.1, 0.15) is 0 Å². The molecule has 4 rings (SSSR count). The fourth-order valence-electron chi connectivity index (χ4n) is 3.23. The van der Waals surface area contributed by atoms with Crippen molar-refractivity contribution in [2.45, 2.75) is 12.1 Å². The smallest absolute Gasteiger partial charge is 0.274 e. The van der Waals surface area contributed by atoms with Gasteiger partial charge in [0.05, 0.1) is 21.9 Å². The summed E-state index contributed by atoms with van der Waals surface area (Å²) in [6, 6.07) is 21.5. The van der Waals surface area contributed by atoms with E-state index in [1.165, 1.54) is 23.9 Å². The maximum atomic E-state index is 12.6.